The molecule has 0 saturated carbocycles. The maximum absolute atomic E-state index is 9.34. The van der Waals surface area contributed by atoms with Crippen LogP contribution in [0.4, 0.5) is 0 Å². The normalized spacial score (nSPS) is 29.6. The van der Waals surface area contributed by atoms with Crippen molar-refractivity contribution in [2.45, 2.75) is 51.9 Å². The standard InChI is InChI=1S/C12H26N2O2/c1-9(2)13-12(7-15)6-14-5-11(4)16-8-10(14)3/h9-13,15H,5-8H2,1-4H3. The molecule has 3 atom stereocenters. The van der Waals surface area contributed by atoms with E-state index in [9.17, 15) is 5.11 Å². The van der Waals surface area contributed by atoms with E-state index in [2.05, 4.69) is 37.9 Å². The zero-order valence-corrected chi connectivity index (χ0v) is 10.9. The summed E-state index contributed by atoms with van der Waals surface area (Å²) in [6.45, 7) is 11.3. The van der Waals surface area contributed by atoms with E-state index in [-0.39, 0.29) is 12.6 Å². The van der Waals surface area contributed by atoms with Crippen molar-refractivity contribution in [1.29, 1.82) is 0 Å². The molecule has 4 heteroatoms. The fraction of sp³-hybridized carbons (Fsp3) is 1.00. The summed E-state index contributed by atoms with van der Waals surface area (Å²) in [5.74, 6) is 0. The summed E-state index contributed by atoms with van der Waals surface area (Å²) in [5.41, 5.74) is 0. The predicted molar refractivity (Wildman–Crippen MR) is 65.6 cm³/mol. The molecule has 1 fully saturated rings. The van der Waals surface area contributed by atoms with Gasteiger partial charge >= 0.3 is 0 Å². The molecule has 16 heavy (non-hydrogen) atoms. The summed E-state index contributed by atoms with van der Waals surface area (Å²) < 4.78 is 5.59. The van der Waals surface area contributed by atoms with Crippen molar-refractivity contribution in [3.05, 3.63) is 0 Å². The molecule has 0 aromatic rings. The highest BCUT2D eigenvalue weighted by Gasteiger charge is 2.25. The van der Waals surface area contributed by atoms with Gasteiger partial charge in [-0.25, -0.2) is 0 Å². The van der Waals surface area contributed by atoms with Gasteiger partial charge in [0.1, 0.15) is 0 Å². The van der Waals surface area contributed by atoms with Gasteiger partial charge in [0.05, 0.1) is 19.3 Å². The molecule has 1 aliphatic heterocycles. The summed E-state index contributed by atoms with van der Waals surface area (Å²) >= 11 is 0. The molecule has 0 bridgehead atoms. The Hall–Kier alpha value is -0.160. The first-order chi connectivity index (χ1) is 7.52. The highest BCUT2D eigenvalue weighted by molar-refractivity contribution is 4.80. The smallest absolute Gasteiger partial charge is 0.0674 e. The van der Waals surface area contributed by atoms with Crippen LogP contribution in [0, 0.1) is 0 Å². The number of hydrogen-bond donors (Lipinski definition) is 2. The molecule has 1 heterocycles. The Labute approximate surface area is 99.0 Å². The Kier molecular flexibility index (Phi) is 5.69. The van der Waals surface area contributed by atoms with Crippen molar-refractivity contribution in [1.82, 2.24) is 10.2 Å². The van der Waals surface area contributed by atoms with Crippen LogP contribution in [0.3, 0.4) is 0 Å². The minimum absolute atomic E-state index is 0.160. The third kappa shape index (κ3) is 4.37. The maximum atomic E-state index is 9.34. The predicted octanol–water partition coefficient (Wildman–Crippen LogP) is 0.455. The Bertz CT molecular complexity index is 199. The number of hydrogen-bond acceptors (Lipinski definition) is 4. The quantitative estimate of drug-likeness (QED) is 0.720. The minimum Gasteiger partial charge on any atom is -0.395 e. The van der Waals surface area contributed by atoms with E-state index >= 15 is 0 Å². The van der Waals surface area contributed by atoms with Crippen molar-refractivity contribution < 1.29 is 9.84 Å². The second kappa shape index (κ2) is 6.55. The van der Waals surface area contributed by atoms with Gasteiger partial charge in [0.2, 0.25) is 0 Å². The largest absolute Gasteiger partial charge is 0.395 e. The molecule has 2 N–H and O–H groups in total. The summed E-state index contributed by atoms with van der Waals surface area (Å²) in [6, 6.07) is 1.01. The first-order valence-electron chi connectivity index (χ1n) is 6.25. The van der Waals surface area contributed by atoms with Gasteiger partial charge in [-0.3, -0.25) is 4.90 Å². The van der Waals surface area contributed by atoms with Gasteiger partial charge in [0, 0.05) is 31.2 Å². The Balaban J connectivity index is 2.42. The molecule has 1 saturated heterocycles. The van der Waals surface area contributed by atoms with E-state index in [1.807, 2.05) is 0 Å². The highest BCUT2D eigenvalue weighted by Crippen LogP contribution is 2.11. The fourth-order valence-electron chi connectivity index (χ4n) is 2.14. The molecule has 1 rings (SSSR count). The molecule has 0 aliphatic carbocycles. The zero-order valence-electron chi connectivity index (χ0n) is 10.9. The molecular weight excluding hydrogens is 204 g/mol. The molecule has 1 aliphatic rings. The molecular formula is C12H26N2O2. The monoisotopic (exact) mass is 230 g/mol. The van der Waals surface area contributed by atoms with Crippen LogP contribution in [-0.2, 0) is 4.74 Å². The Morgan fingerprint density at radius 3 is 2.69 bits per heavy atom. The third-order valence-electron chi connectivity index (χ3n) is 2.98. The summed E-state index contributed by atoms with van der Waals surface area (Å²) in [5, 5.41) is 12.7. The topological polar surface area (TPSA) is 44.7 Å². The highest BCUT2D eigenvalue weighted by atomic mass is 16.5. The molecule has 0 amide bonds. The van der Waals surface area contributed by atoms with Crippen LogP contribution >= 0.6 is 0 Å². The van der Waals surface area contributed by atoms with Crippen molar-refractivity contribution in [2.75, 3.05) is 26.3 Å². The first kappa shape index (κ1) is 13.9. The van der Waals surface area contributed by atoms with Gasteiger partial charge in [0.15, 0.2) is 0 Å². The summed E-state index contributed by atoms with van der Waals surface area (Å²) in [6.07, 6.45) is 0.301. The molecule has 96 valence electrons. The minimum atomic E-state index is 0.160. The van der Waals surface area contributed by atoms with Gasteiger partial charge in [-0.15, -0.1) is 0 Å². The Morgan fingerprint density at radius 2 is 2.12 bits per heavy atom. The van der Waals surface area contributed by atoms with Crippen molar-refractivity contribution >= 4 is 0 Å². The number of rotatable bonds is 5. The van der Waals surface area contributed by atoms with Crippen LogP contribution in [0.5, 0.6) is 0 Å². The number of nitrogens with zero attached hydrogens (tertiary/aromatic N) is 1. The lowest BCUT2D eigenvalue weighted by Gasteiger charge is -2.38. The zero-order chi connectivity index (χ0) is 12.1. The van der Waals surface area contributed by atoms with E-state index in [4.69, 9.17) is 4.74 Å². The van der Waals surface area contributed by atoms with E-state index in [0.29, 0.717) is 18.2 Å². The molecule has 0 radical (unpaired) electrons. The van der Waals surface area contributed by atoms with Crippen LogP contribution in [0.2, 0.25) is 0 Å². The van der Waals surface area contributed by atoms with E-state index in [1.54, 1.807) is 0 Å². The number of nitrogens with one attached hydrogen (secondary N) is 1. The van der Waals surface area contributed by atoms with Crippen LogP contribution in [0.15, 0.2) is 0 Å². The van der Waals surface area contributed by atoms with Gasteiger partial charge in [-0.2, -0.15) is 0 Å². The lowest BCUT2D eigenvalue weighted by atomic mass is 10.1. The van der Waals surface area contributed by atoms with Crippen molar-refractivity contribution in [2.24, 2.45) is 0 Å². The van der Waals surface area contributed by atoms with Crippen molar-refractivity contribution in [3.63, 3.8) is 0 Å². The third-order valence-corrected chi connectivity index (χ3v) is 2.98. The number of aliphatic hydroxyl groups excluding tert-OH is 1. The lowest BCUT2D eigenvalue weighted by Crippen LogP contribution is -2.54. The number of aliphatic hydroxyl groups is 1. The lowest BCUT2D eigenvalue weighted by molar-refractivity contribution is -0.0539. The summed E-state index contributed by atoms with van der Waals surface area (Å²) in [4.78, 5) is 2.39. The number of morpholine rings is 1. The second-order valence-electron chi connectivity index (χ2n) is 5.15. The molecule has 3 unspecified atom stereocenters. The van der Waals surface area contributed by atoms with Gasteiger partial charge in [0.25, 0.3) is 0 Å². The van der Waals surface area contributed by atoms with E-state index in [0.717, 1.165) is 19.7 Å². The van der Waals surface area contributed by atoms with Crippen LogP contribution in [0.25, 0.3) is 0 Å². The van der Waals surface area contributed by atoms with Gasteiger partial charge in [-0.1, -0.05) is 13.8 Å². The molecule has 4 nitrogen and oxygen atoms in total. The van der Waals surface area contributed by atoms with Crippen molar-refractivity contribution in [3.8, 4) is 0 Å². The van der Waals surface area contributed by atoms with E-state index in [1.165, 1.54) is 0 Å². The average Bonchev–Trinajstić information content (AvgIpc) is 2.21. The van der Waals surface area contributed by atoms with Crippen LogP contribution < -0.4 is 5.32 Å². The van der Waals surface area contributed by atoms with Gasteiger partial charge < -0.3 is 15.2 Å². The van der Waals surface area contributed by atoms with E-state index < -0.39 is 0 Å². The molecule has 0 spiro atoms. The number of ether oxygens (including phenoxy) is 1. The van der Waals surface area contributed by atoms with Crippen LogP contribution in [0.1, 0.15) is 27.7 Å². The Morgan fingerprint density at radius 1 is 1.44 bits per heavy atom. The maximum Gasteiger partial charge on any atom is 0.0674 e. The van der Waals surface area contributed by atoms with Crippen LogP contribution in [-0.4, -0.2) is 60.5 Å². The second-order valence-corrected chi connectivity index (χ2v) is 5.15. The molecule has 0 aromatic carbocycles. The fourth-order valence-corrected chi connectivity index (χ4v) is 2.14. The van der Waals surface area contributed by atoms with Gasteiger partial charge in [-0.05, 0) is 13.8 Å². The molecule has 0 aromatic heterocycles. The SMILES string of the molecule is CC(C)NC(CO)CN1CC(C)OCC1C. The average molecular weight is 230 g/mol. The first-order valence-corrected chi connectivity index (χ1v) is 6.25. The summed E-state index contributed by atoms with van der Waals surface area (Å²) in [7, 11) is 0.